The van der Waals surface area contributed by atoms with E-state index >= 15 is 0 Å². The van der Waals surface area contributed by atoms with Crippen LogP contribution in [0.4, 0.5) is 0 Å². The molecule has 1 atom stereocenters. The van der Waals surface area contributed by atoms with Crippen LogP contribution in [0.15, 0.2) is 60.7 Å². The Kier molecular flexibility index (Phi) is 9.14. The number of hydrogen-bond donors (Lipinski definition) is 1. The van der Waals surface area contributed by atoms with Crippen molar-refractivity contribution < 1.29 is 27.9 Å². The van der Waals surface area contributed by atoms with Crippen molar-refractivity contribution in [2.75, 3.05) is 6.26 Å². The Bertz CT molecular complexity index is 596. The van der Waals surface area contributed by atoms with Gasteiger partial charge in [0.15, 0.2) is 0 Å². The Morgan fingerprint density at radius 2 is 1.38 bits per heavy atom. The Balaban J connectivity index is 0.000000583. The third-order valence-electron chi connectivity index (χ3n) is 2.36. The zero-order chi connectivity index (χ0) is 15.0. The van der Waals surface area contributed by atoms with Gasteiger partial charge in [-0.25, -0.2) is 8.42 Å². The Morgan fingerprint density at radius 3 is 1.81 bits per heavy atom. The van der Waals surface area contributed by atoms with Crippen LogP contribution in [0.5, 0.6) is 0 Å². The van der Waals surface area contributed by atoms with Gasteiger partial charge in [0.2, 0.25) is 0 Å². The second-order valence-corrected chi connectivity index (χ2v) is 5.83. The van der Waals surface area contributed by atoms with E-state index in [0.29, 0.717) is 0 Å². The number of nitrogens with one attached hydrogen (secondary N) is 1. The van der Waals surface area contributed by atoms with Crippen molar-refractivity contribution in [2.45, 2.75) is 6.04 Å². The van der Waals surface area contributed by atoms with Gasteiger partial charge in [-0.2, -0.15) is 24.1 Å². The number of benzene rings is 2. The molecule has 0 unspecified atom stereocenters. The summed E-state index contributed by atoms with van der Waals surface area (Å²) in [6.07, 6.45) is 2.89. The van der Waals surface area contributed by atoms with Crippen LogP contribution < -0.4 is 5.73 Å². The Labute approximate surface area is 139 Å². The van der Waals surface area contributed by atoms with Crippen LogP contribution in [0, 0.1) is 6.42 Å². The van der Waals surface area contributed by atoms with Crippen LogP contribution >= 0.6 is 0 Å². The fourth-order valence-corrected chi connectivity index (χ4v) is 1.54. The van der Waals surface area contributed by atoms with Crippen LogP contribution in [-0.4, -0.2) is 14.7 Å². The van der Waals surface area contributed by atoms with Crippen molar-refractivity contribution in [3.8, 4) is 0 Å². The second kappa shape index (κ2) is 9.69. The summed E-state index contributed by atoms with van der Waals surface area (Å²) in [5.41, 5.74) is 8.37. The maximum atomic E-state index is 9.30. The molecule has 0 heterocycles. The summed E-state index contributed by atoms with van der Waals surface area (Å²) in [4.78, 5) is 0. The zero-order valence-corrected chi connectivity index (χ0v) is 14.1. The molecule has 3 N–H and O–H groups in total. The van der Waals surface area contributed by atoms with E-state index in [1.165, 1.54) is 0 Å². The maximum absolute atomic E-state index is 9.30. The summed E-state index contributed by atoms with van der Waals surface area (Å²) in [5.74, 6) is 0. The average Bonchev–Trinajstić information content (AvgIpc) is 2.39. The summed E-state index contributed by atoms with van der Waals surface area (Å²) in [6.45, 7) is 0. The first-order valence-electron chi connectivity index (χ1n) is 6.01. The van der Waals surface area contributed by atoms with Crippen molar-refractivity contribution >= 4 is 10.0 Å². The van der Waals surface area contributed by atoms with Crippen LogP contribution in [0.2, 0.25) is 0 Å². The number of nitrogens with two attached hydrogens (primary N) is 1. The van der Waals surface area contributed by atoms with E-state index in [0.717, 1.165) is 17.4 Å². The first-order chi connectivity index (χ1) is 9.36. The van der Waals surface area contributed by atoms with Gasteiger partial charge >= 0.3 is 19.5 Å². The topological polar surface area (TPSA) is 84.0 Å². The molecule has 2 aromatic rings. The second-order valence-electron chi connectivity index (χ2n) is 4.29. The fraction of sp³-hybridized carbons (Fsp3) is 0.133. The molecule has 0 fully saturated rings. The Morgan fingerprint density at radius 1 is 1.00 bits per heavy atom. The van der Waals surface area contributed by atoms with E-state index < -0.39 is 10.0 Å². The predicted octanol–water partition coefficient (Wildman–Crippen LogP) is 2.93. The van der Waals surface area contributed by atoms with Gasteiger partial charge in [-0.15, -0.1) is 12.1 Å². The van der Waals surface area contributed by atoms with Crippen LogP contribution in [0.1, 0.15) is 17.2 Å². The van der Waals surface area contributed by atoms with Crippen molar-refractivity contribution in [1.82, 2.24) is 0 Å². The molecular weight excluding hydrogens is 373 g/mol. The minimum absolute atomic E-state index is 0. The smallest absolute Gasteiger partial charge is 0.564 e. The summed E-state index contributed by atoms with van der Waals surface area (Å²) in [6, 6.07) is 20.2. The van der Waals surface area contributed by atoms with Gasteiger partial charge in [0.25, 0.3) is 0 Å². The summed E-state index contributed by atoms with van der Waals surface area (Å²) in [7, 11) is -3.42. The van der Waals surface area contributed by atoms with E-state index in [9.17, 15) is 8.42 Å². The molecule has 4 nitrogen and oxygen atoms in total. The molecule has 6 heteroatoms. The monoisotopic (exact) mass is 392 g/mol. The molecule has 0 aliphatic rings. The molecule has 0 saturated heterocycles. The standard InChI is InChI=1S/C14H14N.CH4NO2S.Ru/c15-14(13-9-5-2-6-10-13)11-12-7-3-1-4-8-12;1-5(2,3)4;/h1-11,14H,15H2;1H3,(H-,2,3,4);/q2*-1;+2/t14-;;/m1../s1. The van der Waals surface area contributed by atoms with Crippen molar-refractivity contribution in [3.63, 3.8) is 0 Å². The van der Waals surface area contributed by atoms with Crippen LogP contribution in [-0.2, 0) is 29.5 Å². The molecule has 0 amide bonds. The maximum Gasteiger partial charge on any atom is 2.00 e. The third kappa shape index (κ3) is 10.2. The summed E-state index contributed by atoms with van der Waals surface area (Å²) in [5, 5.41) is 5.91. The van der Waals surface area contributed by atoms with Crippen molar-refractivity contribution in [2.24, 2.45) is 5.73 Å². The predicted molar refractivity (Wildman–Crippen MR) is 82.4 cm³/mol. The van der Waals surface area contributed by atoms with Crippen LogP contribution in [0.25, 0.3) is 5.14 Å². The largest absolute Gasteiger partial charge is 2.00 e. The number of rotatable bonds is 3. The molecule has 0 aliphatic carbocycles. The van der Waals surface area contributed by atoms with Gasteiger partial charge in [0.1, 0.15) is 0 Å². The molecule has 0 bridgehead atoms. The molecule has 2 rings (SSSR count). The molecule has 0 radical (unpaired) electrons. The number of hydrogen-bond acceptors (Lipinski definition) is 3. The zero-order valence-electron chi connectivity index (χ0n) is 11.6. The van der Waals surface area contributed by atoms with Crippen LogP contribution in [0.3, 0.4) is 0 Å². The van der Waals surface area contributed by atoms with Gasteiger partial charge in [-0.3, -0.25) is 0 Å². The van der Waals surface area contributed by atoms with E-state index in [2.05, 4.69) is 18.6 Å². The van der Waals surface area contributed by atoms with Crippen molar-refractivity contribution in [1.29, 1.82) is 0 Å². The molecule has 0 aromatic heterocycles. The van der Waals surface area contributed by atoms with E-state index in [1.807, 2.05) is 48.5 Å². The van der Waals surface area contributed by atoms with Gasteiger partial charge < -0.3 is 10.9 Å². The van der Waals surface area contributed by atoms with Gasteiger partial charge in [0.05, 0.1) is 10.0 Å². The normalized spacial score (nSPS) is 11.4. The van der Waals surface area contributed by atoms with E-state index in [4.69, 9.17) is 10.9 Å². The van der Waals surface area contributed by atoms with Gasteiger partial charge in [0, 0.05) is 12.3 Å². The summed E-state index contributed by atoms with van der Waals surface area (Å²) >= 11 is 0. The fourth-order valence-electron chi connectivity index (χ4n) is 1.54. The molecule has 0 saturated carbocycles. The first kappa shape index (κ1) is 19.8. The van der Waals surface area contributed by atoms with E-state index in [1.54, 1.807) is 0 Å². The molecule has 2 aromatic carbocycles. The Hall–Kier alpha value is -1.20. The number of sulfonamides is 1. The summed E-state index contributed by atoms with van der Waals surface area (Å²) < 4.78 is 18.6. The minimum Gasteiger partial charge on any atom is -0.564 e. The van der Waals surface area contributed by atoms with Gasteiger partial charge in [-0.1, -0.05) is 36.4 Å². The van der Waals surface area contributed by atoms with E-state index in [-0.39, 0.29) is 25.5 Å². The average molecular weight is 391 g/mol. The molecule has 0 spiro atoms. The van der Waals surface area contributed by atoms with Gasteiger partial charge in [-0.05, 0) is 5.56 Å². The first-order valence-corrected chi connectivity index (χ1v) is 7.90. The quantitative estimate of drug-likeness (QED) is 0.645. The van der Waals surface area contributed by atoms with Crippen molar-refractivity contribution in [3.05, 3.63) is 83.4 Å². The minimum atomic E-state index is -3.42. The molecular formula is C15H18N2O2RuS. The SMILES string of the molecule is CS([NH-])(=O)=O.N[C@H]([CH-]c1ccccc1)c1ccccc1.[Ru+2]. The molecule has 0 aliphatic heterocycles. The molecule has 114 valence electrons. The molecule has 21 heavy (non-hydrogen) atoms. The third-order valence-corrected chi connectivity index (χ3v) is 2.36.